The molecule has 0 saturated heterocycles. The van der Waals surface area contributed by atoms with Crippen LogP contribution in [0.3, 0.4) is 0 Å². The van der Waals surface area contributed by atoms with Crippen molar-refractivity contribution in [2.24, 2.45) is 11.1 Å². The summed E-state index contributed by atoms with van der Waals surface area (Å²) < 4.78 is 0. The molecule has 0 radical (unpaired) electrons. The van der Waals surface area contributed by atoms with Crippen LogP contribution in [-0.4, -0.2) is 6.04 Å². The molecule has 0 spiro atoms. The SMILES string of the molecule is Cc1ccc([C@@H]2[C@@H](N)C2(C)C)cc1. The van der Waals surface area contributed by atoms with Crippen LogP contribution in [0.5, 0.6) is 0 Å². The van der Waals surface area contributed by atoms with Crippen LogP contribution in [0.25, 0.3) is 0 Å². The summed E-state index contributed by atoms with van der Waals surface area (Å²) in [5.41, 5.74) is 9.02. The summed E-state index contributed by atoms with van der Waals surface area (Å²) in [6.07, 6.45) is 0. The molecule has 2 atom stereocenters. The van der Waals surface area contributed by atoms with Crippen molar-refractivity contribution in [2.45, 2.75) is 32.7 Å². The predicted molar refractivity (Wildman–Crippen MR) is 55.7 cm³/mol. The molecular weight excluding hydrogens is 158 g/mol. The average Bonchev–Trinajstić information content (AvgIpc) is 2.55. The van der Waals surface area contributed by atoms with E-state index >= 15 is 0 Å². The van der Waals surface area contributed by atoms with E-state index < -0.39 is 0 Å². The van der Waals surface area contributed by atoms with Gasteiger partial charge in [-0.05, 0) is 17.9 Å². The second kappa shape index (κ2) is 2.58. The second-order valence-electron chi connectivity index (χ2n) is 4.74. The van der Waals surface area contributed by atoms with E-state index in [0.717, 1.165) is 0 Å². The van der Waals surface area contributed by atoms with Gasteiger partial charge in [-0.25, -0.2) is 0 Å². The van der Waals surface area contributed by atoms with Crippen LogP contribution in [0.2, 0.25) is 0 Å². The third kappa shape index (κ3) is 1.28. The van der Waals surface area contributed by atoms with Crippen molar-refractivity contribution in [1.82, 2.24) is 0 Å². The van der Waals surface area contributed by atoms with Crippen molar-refractivity contribution in [3.8, 4) is 0 Å². The maximum atomic E-state index is 6.01. The molecular formula is C12H17N. The van der Waals surface area contributed by atoms with E-state index in [4.69, 9.17) is 5.73 Å². The monoisotopic (exact) mass is 175 g/mol. The van der Waals surface area contributed by atoms with Crippen LogP contribution >= 0.6 is 0 Å². The molecule has 1 nitrogen and oxygen atoms in total. The Morgan fingerprint density at radius 3 is 2.00 bits per heavy atom. The fraction of sp³-hybridized carbons (Fsp3) is 0.500. The van der Waals surface area contributed by atoms with Crippen LogP contribution in [0.1, 0.15) is 30.9 Å². The average molecular weight is 175 g/mol. The highest BCUT2D eigenvalue weighted by molar-refractivity contribution is 5.35. The Bertz CT molecular complexity index is 310. The Hall–Kier alpha value is -0.820. The zero-order valence-electron chi connectivity index (χ0n) is 8.54. The number of aryl methyl sites for hydroxylation is 1. The molecule has 1 saturated carbocycles. The molecule has 0 heterocycles. The number of benzene rings is 1. The summed E-state index contributed by atoms with van der Waals surface area (Å²) in [6, 6.07) is 9.08. The largest absolute Gasteiger partial charge is 0.327 e. The minimum absolute atomic E-state index is 0.301. The Balaban J connectivity index is 2.25. The Morgan fingerprint density at radius 1 is 1.15 bits per heavy atom. The maximum Gasteiger partial charge on any atom is 0.0172 e. The summed E-state index contributed by atoms with van der Waals surface area (Å²) >= 11 is 0. The summed E-state index contributed by atoms with van der Waals surface area (Å²) in [4.78, 5) is 0. The first kappa shape index (κ1) is 8.76. The normalized spacial score (nSPS) is 30.2. The van der Waals surface area contributed by atoms with E-state index in [1.165, 1.54) is 11.1 Å². The van der Waals surface area contributed by atoms with Crippen molar-refractivity contribution in [3.63, 3.8) is 0 Å². The topological polar surface area (TPSA) is 26.0 Å². The molecule has 1 heteroatoms. The van der Waals surface area contributed by atoms with E-state index in [9.17, 15) is 0 Å². The summed E-state index contributed by atoms with van der Waals surface area (Å²) in [5, 5.41) is 0. The predicted octanol–water partition coefficient (Wildman–Crippen LogP) is 2.45. The van der Waals surface area contributed by atoms with Gasteiger partial charge in [-0.2, -0.15) is 0 Å². The highest BCUT2D eigenvalue weighted by Crippen LogP contribution is 2.57. The maximum absolute atomic E-state index is 6.01. The molecule has 1 aliphatic carbocycles. The molecule has 0 amide bonds. The van der Waals surface area contributed by atoms with Crippen LogP contribution < -0.4 is 5.73 Å². The summed E-state index contributed by atoms with van der Waals surface area (Å²) in [5.74, 6) is 0.563. The van der Waals surface area contributed by atoms with E-state index in [1.807, 2.05) is 0 Å². The van der Waals surface area contributed by atoms with Gasteiger partial charge in [0.15, 0.2) is 0 Å². The lowest BCUT2D eigenvalue weighted by molar-refractivity contribution is 0.599. The molecule has 2 rings (SSSR count). The van der Waals surface area contributed by atoms with Crippen LogP contribution in [-0.2, 0) is 0 Å². The summed E-state index contributed by atoms with van der Waals surface area (Å²) in [7, 11) is 0. The van der Waals surface area contributed by atoms with Gasteiger partial charge in [0.05, 0.1) is 0 Å². The molecule has 0 aromatic heterocycles. The molecule has 1 aliphatic rings. The molecule has 0 bridgehead atoms. The Labute approximate surface area is 80.0 Å². The van der Waals surface area contributed by atoms with Crippen LogP contribution in [0.4, 0.5) is 0 Å². The highest BCUT2D eigenvalue weighted by Gasteiger charge is 2.55. The first-order chi connectivity index (χ1) is 6.03. The molecule has 0 unspecified atom stereocenters. The highest BCUT2D eigenvalue weighted by atomic mass is 14.8. The number of nitrogens with two attached hydrogens (primary N) is 1. The third-order valence-electron chi connectivity index (χ3n) is 3.35. The molecule has 2 N–H and O–H groups in total. The first-order valence-electron chi connectivity index (χ1n) is 4.85. The zero-order valence-corrected chi connectivity index (χ0v) is 8.54. The van der Waals surface area contributed by atoms with Crippen molar-refractivity contribution in [3.05, 3.63) is 35.4 Å². The fourth-order valence-corrected chi connectivity index (χ4v) is 2.09. The van der Waals surface area contributed by atoms with Gasteiger partial charge in [0, 0.05) is 12.0 Å². The molecule has 1 fully saturated rings. The lowest BCUT2D eigenvalue weighted by atomic mass is 10.0. The van der Waals surface area contributed by atoms with Gasteiger partial charge < -0.3 is 5.73 Å². The van der Waals surface area contributed by atoms with Crippen LogP contribution in [0, 0.1) is 12.3 Å². The molecule has 70 valence electrons. The van der Waals surface area contributed by atoms with Crippen molar-refractivity contribution >= 4 is 0 Å². The first-order valence-corrected chi connectivity index (χ1v) is 4.85. The van der Waals surface area contributed by atoms with Gasteiger partial charge in [-0.3, -0.25) is 0 Å². The molecule has 0 aliphatic heterocycles. The van der Waals surface area contributed by atoms with Gasteiger partial charge in [0.2, 0.25) is 0 Å². The Kier molecular flexibility index (Phi) is 1.74. The molecule has 1 aromatic carbocycles. The van der Waals surface area contributed by atoms with E-state index in [2.05, 4.69) is 45.0 Å². The lowest BCUT2D eigenvalue weighted by Gasteiger charge is -2.02. The van der Waals surface area contributed by atoms with Crippen molar-refractivity contribution < 1.29 is 0 Å². The van der Waals surface area contributed by atoms with Gasteiger partial charge in [-0.1, -0.05) is 43.7 Å². The lowest BCUT2D eigenvalue weighted by Crippen LogP contribution is -2.06. The van der Waals surface area contributed by atoms with Crippen molar-refractivity contribution in [1.29, 1.82) is 0 Å². The summed E-state index contributed by atoms with van der Waals surface area (Å²) in [6.45, 7) is 6.59. The Morgan fingerprint density at radius 2 is 1.62 bits per heavy atom. The number of rotatable bonds is 1. The minimum atomic E-state index is 0.301. The molecule has 13 heavy (non-hydrogen) atoms. The standard InChI is InChI=1S/C12H17N/c1-8-4-6-9(7-5-8)10-11(13)12(10,2)3/h4-7,10-11H,13H2,1-3H3/t10-,11-/m1/s1. The van der Waals surface area contributed by atoms with Gasteiger partial charge in [0.1, 0.15) is 0 Å². The number of hydrogen-bond acceptors (Lipinski definition) is 1. The van der Waals surface area contributed by atoms with Crippen molar-refractivity contribution in [2.75, 3.05) is 0 Å². The second-order valence-corrected chi connectivity index (χ2v) is 4.74. The van der Waals surface area contributed by atoms with Gasteiger partial charge in [-0.15, -0.1) is 0 Å². The number of hydrogen-bond donors (Lipinski definition) is 1. The van der Waals surface area contributed by atoms with Gasteiger partial charge in [0.25, 0.3) is 0 Å². The van der Waals surface area contributed by atoms with E-state index in [1.54, 1.807) is 0 Å². The molecule has 1 aromatic rings. The van der Waals surface area contributed by atoms with Crippen LogP contribution in [0.15, 0.2) is 24.3 Å². The minimum Gasteiger partial charge on any atom is -0.327 e. The smallest absolute Gasteiger partial charge is 0.0172 e. The zero-order chi connectivity index (χ0) is 9.64. The van der Waals surface area contributed by atoms with E-state index in [0.29, 0.717) is 17.4 Å². The fourth-order valence-electron chi connectivity index (χ4n) is 2.09. The quantitative estimate of drug-likeness (QED) is 0.697. The van der Waals surface area contributed by atoms with E-state index in [-0.39, 0.29) is 0 Å². The third-order valence-corrected chi connectivity index (χ3v) is 3.35. The van der Waals surface area contributed by atoms with Gasteiger partial charge >= 0.3 is 0 Å².